The van der Waals surface area contributed by atoms with Crippen molar-refractivity contribution in [3.05, 3.63) is 29.6 Å². The summed E-state index contributed by atoms with van der Waals surface area (Å²) in [5.74, 6) is 0.144. The Labute approximate surface area is 97.8 Å². The number of benzene rings is 1. The van der Waals surface area contributed by atoms with Crippen LogP contribution in [0.4, 0.5) is 4.39 Å². The van der Waals surface area contributed by atoms with Crippen LogP contribution >= 0.6 is 15.9 Å². The van der Waals surface area contributed by atoms with E-state index < -0.39 is 0 Å². The number of ether oxygens (including phenoxy) is 1. The number of aryl methyl sites for hydroxylation is 1. The van der Waals surface area contributed by atoms with E-state index in [2.05, 4.69) is 15.9 Å². The molecule has 82 valence electrons. The van der Waals surface area contributed by atoms with E-state index in [1.54, 1.807) is 19.1 Å². The molecule has 1 fully saturated rings. The fraction of sp³-hybridized carbons (Fsp3) is 0.500. The summed E-state index contributed by atoms with van der Waals surface area (Å²) in [6, 6.07) is 5.26. The van der Waals surface area contributed by atoms with Crippen LogP contribution in [0.25, 0.3) is 0 Å². The maximum atomic E-state index is 13.6. The summed E-state index contributed by atoms with van der Waals surface area (Å²) in [5.41, 5.74) is 0.895. The third kappa shape index (κ3) is 2.33. The summed E-state index contributed by atoms with van der Waals surface area (Å²) in [7, 11) is 0. The average molecular weight is 273 g/mol. The lowest BCUT2D eigenvalue weighted by Gasteiger charge is -2.14. The molecule has 0 N–H and O–H groups in total. The Balaban J connectivity index is 2.02. The molecule has 1 aliphatic rings. The zero-order valence-electron chi connectivity index (χ0n) is 8.72. The van der Waals surface area contributed by atoms with Gasteiger partial charge in [-0.25, -0.2) is 4.39 Å². The molecule has 0 atom stereocenters. The Kier molecular flexibility index (Phi) is 3.01. The van der Waals surface area contributed by atoms with Crippen LogP contribution in [-0.2, 0) is 0 Å². The van der Waals surface area contributed by atoms with Crippen LogP contribution in [0.5, 0.6) is 5.75 Å². The molecule has 0 aromatic heterocycles. The van der Waals surface area contributed by atoms with E-state index >= 15 is 0 Å². The molecule has 3 heteroatoms. The molecule has 0 radical (unpaired) electrons. The smallest absolute Gasteiger partial charge is 0.167 e. The summed E-state index contributed by atoms with van der Waals surface area (Å²) >= 11 is 3.47. The minimum atomic E-state index is -0.233. The molecule has 0 saturated heterocycles. The number of hydrogen-bond acceptors (Lipinski definition) is 1. The van der Waals surface area contributed by atoms with E-state index in [9.17, 15) is 4.39 Å². The lowest BCUT2D eigenvalue weighted by atomic mass is 10.1. The van der Waals surface area contributed by atoms with E-state index in [-0.39, 0.29) is 11.2 Å². The molecule has 2 rings (SSSR count). The van der Waals surface area contributed by atoms with Crippen molar-refractivity contribution in [2.75, 3.05) is 11.9 Å². The van der Waals surface area contributed by atoms with Crippen molar-refractivity contribution in [1.29, 1.82) is 0 Å². The lowest BCUT2D eigenvalue weighted by Crippen LogP contribution is -2.15. The van der Waals surface area contributed by atoms with Crippen molar-refractivity contribution >= 4 is 15.9 Å². The van der Waals surface area contributed by atoms with Crippen molar-refractivity contribution < 1.29 is 9.13 Å². The molecule has 1 aliphatic carbocycles. The van der Waals surface area contributed by atoms with Gasteiger partial charge in [-0.2, -0.15) is 0 Å². The standard InChI is InChI=1S/C12H14BrFO/c1-9-3-2-4-10(11(9)14)15-8-12(7-13)5-6-12/h2-4H,5-8H2,1H3. The first-order valence-electron chi connectivity index (χ1n) is 5.11. The van der Waals surface area contributed by atoms with Gasteiger partial charge in [0.15, 0.2) is 11.6 Å². The predicted molar refractivity (Wildman–Crippen MR) is 62.1 cm³/mol. The maximum absolute atomic E-state index is 13.6. The highest BCUT2D eigenvalue weighted by Crippen LogP contribution is 2.47. The zero-order chi connectivity index (χ0) is 10.9. The molecule has 1 saturated carbocycles. The highest BCUT2D eigenvalue weighted by Gasteiger charge is 2.42. The first-order chi connectivity index (χ1) is 7.17. The minimum absolute atomic E-state index is 0.233. The highest BCUT2D eigenvalue weighted by molar-refractivity contribution is 9.09. The summed E-state index contributed by atoms with van der Waals surface area (Å²) in [4.78, 5) is 0. The number of rotatable bonds is 4. The van der Waals surface area contributed by atoms with Crippen molar-refractivity contribution in [3.63, 3.8) is 0 Å². The second-order valence-electron chi connectivity index (χ2n) is 4.31. The first kappa shape index (κ1) is 10.9. The van der Waals surface area contributed by atoms with Gasteiger partial charge in [0, 0.05) is 10.7 Å². The van der Waals surface area contributed by atoms with Crippen molar-refractivity contribution in [3.8, 4) is 5.75 Å². The fourth-order valence-corrected chi connectivity index (χ4v) is 2.18. The molecule has 0 unspecified atom stereocenters. The molecule has 0 spiro atoms. The van der Waals surface area contributed by atoms with E-state index in [1.165, 1.54) is 12.8 Å². The largest absolute Gasteiger partial charge is 0.490 e. The van der Waals surface area contributed by atoms with Gasteiger partial charge in [-0.1, -0.05) is 28.1 Å². The van der Waals surface area contributed by atoms with Gasteiger partial charge < -0.3 is 4.74 Å². The second-order valence-corrected chi connectivity index (χ2v) is 4.87. The van der Waals surface area contributed by atoms with Crippen LogP contribution < -0.4 is 4.74 Å². The molecule has 0 aliphatic heterocycles. The SMILES string of the molecule is Cc1cccc(OCC2(CBr)CC2)c1F. The first-order valence-corrected chi connectivity index (χ1v) is 6.23. The molecule has 1 aromatic rings. The van der Waals surface area contributed by atoms with Gasteiger partial charge in [-0.3, -0.25) is 0 Å². The zero-order valence-corrected chi connectivity index (χ0v) is 10.3. The quantitative estimate of drug-likeness (QED) is 0.760. The molecule has 15 heavy (non-hydrogen) atoms. The summed E-state index contributed by atoms with van der Waals surface area (Å²) in [5, 5.41) is 0.938. The topological polar surface area (TPSA) is 9.23 Å². The van der Waals surface area contributed by atoms with Gasteiger partial charge in [-0.15, -0.1) is 0 Å². The van der Waals surface area contributed by atoms with E-state index in [1.807, 2.05) is 6.07 Å². The third-order valence-electron chi connectivity index (χ3n) is 2.93. The van der Waals surface area contributed by atoms with Gasteiger partial charge in [0.2, 0.25) is 0 Å². The maximum Gasteiger partial charge on any atom is 0.167 e. The van der Waals surface area contributed by atoms with E-state index in [0.29, 0.717) is 17.9 Å². The summed E-state index contributed by atoms with van der Waals surface area (Å²) in [6.45, 7) is 2.36. The van der Waals surface area contributed by atoms with Crippen LogP contribution in [0.15, 0.2) is 18.2 Å². The van der Waals surface area contributed by atoms with Gasteiger partial charge in [-0.05, 0) is 31.4 Å². The van der Waals surface area contributed by atoms with Crippen LogP contribution in [0.1, 0.15) is 18.4 Å². The molecule has 0 heterocycles. The second kappa shape index (κ2) is 4.12. The Hall–Kier alpha value is -0.570. The Morgan fingerprint density at radius 1 is 1.47 bits per heavy atom. The Morgan fingerprint density at radius 3 is 2.80 bits per heavy atom. The summed E-state index contributed by atoms with van der Waals surface area (Å²) in [6.07, 6.45) is 2.34. The number of hydrogen-bond donors (Lipinski definition) is 0. The van der Waals surface area contributed by atoms with E-state index in [4.69, 9.17) is 4.74 Å². The van der Waals surface area contributed by atoms with Crippen LogP contribution in [0.2, 0.25) is 0 Å². The third-order valence-corrected chi connectivity index (χ3v) is 4.12. The van der Waals surface area contributed by atoms with Gasteiger partial charge in [0.05, 0.1) is 6.61 Å². The molecule has 0 amide bonds. The van der Waals surface area contributed by atoms with Gasteiger partial charge in [0.1, 0.15) is 0 Å². The van der Waals surface area contributed by atoms with Crippen LogP contribution in [-0.4, -0.2) is 11.9 Å². The van der Waals surface area contributed by atoms with Gasteiger partial charge in [0.25, 0.3) is 0 Å². The average Bonchev–Trinajstić information content (AvgIpc) is 3.01. The Morgan fingerprint density at radius 2 is 2.20 bits per heavy atom. The molecular formula is C12H14BrFO. The van der Waals surface area contributed by atoms with Gasteiger partial charge >= 0.3 is 0 Å². The summed E-state index contributed by atoms with van der Waals surface area (Å²) < 4.78 is 19.1. The molecular weight excluding hydrogens is 259 g/mol. The van der Waals surface area contributed by atoms with Crippen molar-refractivity contribution in [1.82, 2.24) is 0 Å². The number of halogens is 2. The Bertz CT molecular complexity index is 361. The fourth-order valence-electron chi connectivity index (χ4n) is 1.46. The minimum Gasteiger partial charge on any atom is -0.490 e. The van der Waals surface area contributed by atoms with Crippen LogP contribution in [0.3, 0.4) is 0 Å². The van der Waals surface area contributed by atoms with E-state index in [0.717, 1.165) is 5.33 Å². The lowest BCUT2D eigenvalue weighted by molar-refractivity contribution is 0.240. The normalized spacial score (nSPS) is 17.5. The molecule has 1 nitrogen and oxygen atoms in total. The monoisotopic (exact) mass is 272 g/mol. The van der Waals surface area contributed by atoms with Crippen LogP contribution in [0, 0.1) is 18.2 Å². The highest BCUT2D eigenvalue weighted by atomic mass is 79.9. The number of alkyl halides is 1. The molecule has 1 aromatic carbocycles. The van der Waals surface area contributed by atoms with Crippen molar-refractivity contribution in [2.24, 2.45) is 5.41 Å². The van der Waals surface area contributed by atoms with Crippen molar-refractivity contribution in [2.45, 2.75) is 19.8 Å². The molecule has 0 bridgehead atoms. The predicted octanol–water partition coefficient (Wildman–Crippen LogP) is 3.69.